The highest BCUT2D eigenvalue weighted by Gasteiger charge is 2.29. The average Bonchev–Trinajstić information content (AvgIpc) is 3.39. The fourth-order valence-corrected chi connectivity index (χ4v) is 4.80. The number of aliphatic hydroxyl groups is 1. The molecule has 3 saturated heterocycles. The van der Waals surface area contributed by atoms with Crippen LogP contribution >= 0.6 is 0 Å². The quantitative estimate of drug-likeness (QED) is 0.504. The number of nitrogens with zero attached hydrogens (tertiary/aromatic N) is 6. The highest BCUT2D eigenvalue weighted by atomic mass is 16.3. The van der Waals surface area contributed by atoms with Gasteiger partial charge in [-0.25, -0.2) is 10.1 Å². The average molecular weight is 387 g/mol. The molecule has 0 radical (unpaired) electrons. The third kappa shape index (κ3) is 5.17. The number of allylic oxidation sites excluding steroid dienone is 1. The third-order valence-electron chi connectivity index (χ3n) is 6.38. The van der Waals surface area contributed by atoms with Crippen molar-refractivity contribution in [1.82, 2.24) is 19.6 Å². The Balaban J connectivity index is 1.52. The summed E-state index contributed by atoms with van der Waals surface area (Å²) in [6.45, 7) is 18.3. The molecule has 3 aliphatic rings. The van der Waals surface area contributed by atoms with E-state index in [1.807, 2.05) is 0 Å². The summed E-state index contributed by atoms with van der Waals surface area (Å²) < 4.78 is 0. The van der Waals surface area contributed by atoms with E-state index in [1.165, 1.54) is 19.4 Å². The molecule has 7 nitrogen and oxygen atoms in total. The first-order valence-corrected chi connectivity index (χ1v) is 10.8. The Bertz CT molecular complexity index is 620. The fraction of sp³-hybridized carbons (Fsp3) is 0.810. The lowest BCUT2D eigenvalue weighted by Gasteiger charge is -2.27. The Morgan fingerprint density at radius 2 is 1.82 bits per heavy atom. The molecule has 0 aromatic carbocycles. The summed E-state index contributed by atoms with van der Waals surface area (Å²) in [5.74, 6) is 0.841. The molecule has 0 aromatic heterocycles. The maximum absolute atomic E-state index is 9.66. The molecule has 3 aliphatic heterocycles. The van der Waals surface area contributed by atoms with Crippen molar-refractivity contribution in [3.63, 3.8) is 0 Å². The first kappa shape index (κ1) is 20.9. The summed E-state index contributed by atoms with van der Waals surface area (Å²) in [4.78, 5) is 12.8. The Morgan fingerprint density at radius 1 is 1.11 bits per heavy atom. The molecular formula is C21H34N6O. The Kier molecular flexibility index (Phi) is 7.56. The summed E-state index contributed by atoms with van der Waals surface area (Å²) in [5.41, 5.74) is 0.226. The predicted octanol–water partition coefficient (Wildman–Crippen LogP) is 1.55. The van der Waals surface area contributed by atoms with E-state index in [-0.39, 0.29) is 11.8 Å². The molecule has 1 N–H and O–H groups in total. The largest absolute Gasteiger partial charge is 0.392 e. The van der Waals surface area contributed by atoms with Crippen LogP contribution in [-0.2, 0) is 0 Å². The fourth-order valence-electron chi connectivity index (χ4n) is 4.80. The van der Waals surface area contributed by atoms with Gasteiger partial charge < -0.3 is 24.7 Å². The molecule has 28 heavy (non-hydrogen) atoms. The summed E-state index contributed by atoms with van der Waals surface area (Å²) in [7, 11) is 0. The maximum Gasteiger partial charge on any atom is 0.300 e. The number of β-amino-alcohol motifs (C(OH)–C–C–N with tert-alkyl or cyclic N) is 1. The summed E-state index contributed by atoms with van der Waals surface area (Å²) >= 11 is 0. The van der Waals surface area contributed by atoms with Crippen LogP contribution < -0.4 is 0 Å². The standard InChI is InChI=1S/C21H34N6O/c1-18-6-3-9-25(18)10-5-12-27-15-14-26(21(27)20(16-22)23-2)11-4-8-24-13-7-19(28)17-24/h18-19,28H,3-15,17H2,1H3/b21-20-. The van der Waals surface area contributed by atoms with Crippen LogP contribution in [0.1, 0.15) is 39.0 Å². The molecule has 3 heterocycles. The zero-order valence-corrected chi connectivity index (χ0v) is 17.2. The van der Waals surface area contributed by atoms with E-state index < -0.39 is 0 Å². The molecule has 0 amide bonds. The number of rotatable bonds is 8. The lowest BCUT2D eigenvalue weighted by atomic mass is 10.2. The van der Waals surface area contributed by atoms with Gasteiger partial charge in [-0.2, -0.15) is 0 Å². The van der Waals surface area contributed by atoms with Crippen LogP contribution in [0, 0.1) is 17.9 Å². The van der Waals surface area contributed by atoms with E-state index in [1.54, 1.807) is 0 Å². The van der Waals surface area contributed by atoms with Crippen molar-refractivity contribution in [2.75, 3.05) is 58.9 Å². The van der Waals surface area contributed by atoms with Crippen molar-refractivity contribution in [2.45, 2.75) is 51.2 Å². The van der Waals surface area contributed by atoms with Crippen molar-refractivity contribution >= 4 is 0 Å². The van der Waals surface area contributed by atoms with Gasteiger partial charge in [0.1, 0.15) is 5.82 Å². The third-order valence-corrected chi connectivity index (χ3v) is 6.38. The second-order valence-corrected chi connectivity index (χ2v) is 8.35. The number of hydrogen-bond acceptors (Lipinski definition) is 6. The summed E-state index contributed by atoms with van der Waals surface area (Å²) in [5, 5.41) is 19.1. The van der Waals surface area contributed by atoms with Crippen molar-refractivity contribution in [1.29, 1.82) is 5.26 Å². The predicted molar refractivity (Wildman–Crippen MR) is 109 cm³/mol. The Labute approximate surface area is 169 Å². The molecule has 3 fully saturated rings. The van der Waals surface area contributed by atoms with Gasteiger partial charge in [0.15, 0.2) is 0 Å². The number of nitriles is 1. The van der Waals surface area contributed by atoms with Crippen LogP contribution in [0.15, 0.2) is 11.5 Å². The van der Waals surface area contributed by atoms with Crippen LogP contribution in [0.3, 0.4) is 0 Å². The second-order valence-electron chi connectivity index (χ2n) is 8.35. The van der Waals surface area contributed by atoms with Gasteiger partial charge >= 0.3 is 5.70 Å². The van der Waals surface area contributed by atoms with Gasteiger partial charge in [0.2, 0.25) is 0 Å². The van der Waals surface area contributed by atoms with Crippen molar-refractivity contribution in [3.8, 4) is 6.07 Å². The molecule has 0 aromatic rings. The van der Waals surface area contributed by atoms with Crippen LogP contribution in [-0.4, -0.2) is 95.8 Å². The molecule has 7 heteroatoms. The summed E-state index contributed by atoms with van der Waals surface area (Å²) in [6, 6.07) is 2.80. The van der Waals surface area contributed by atoms with Crippen molar-refractivity contribution in [2.24, 2.45) is 0 Å². The second kappa shape index (κ2) is 10.1. The van der Waals surface area contributed by atoms with Crippen molar-refractivity contribution in [3.05, 3.63) is 22.9 Å². The molecule has 2 unspecified atom stereocenters. The maximum atomic E-state index is 9.66. The van der Waals surface area contributed by atoms with E-state index in [4.69, 9.17) is 6.57 Å². The molecule has 0 spiro atoms. The normalized spacial score (nSPS) is 28.0. The van der Waals surface area contributed by atoms with Crippen molar-refractivity contribution < 1.29 is 5.11 Å². The zero-order valence-electron chi connectivity index (χ0n) is 17.2. The monoisotopic (exact) mass is 386 g/mol. The van der Waals surface area contributed by atoms with E-state index in [2.05, 4.69) is 37.4 Å². The van der Waals surface area contributed by atoms with E-state index in [0.717, 1.165) is 77.4 Å². The highest BCUT2D eigenvalue weighted by Crippen LogP contribution is 2.24. The van der Waals surface area contributed by atoms with E-state index in [9.17, 15) is 10.4 Å². The van der Waals surface area contributed by atoms with E-state index >= 15 is 0 Å². The van der Waals surface area contributed by atoms with Gasteiger partial charge in [-0.1, -0.05) is 0 Å². The minimum atomic E-state index is -0.177. The van der Waals surface area contributed by atoms with Crippen LogP contribution in [0.2, 0.25) is 0 Å². The zero-order chi connectivity index (χ0) is 19.9. The summed E-state index contributed by atoms with van der Waals surface area (Å²) in [6.07, 6.45) is 5.36. The van der Waals surface area contributed by atoms with Gasteiger partial charge in [0.05, 0.1) is 18.7 Å². The topological polar surface area (TPSA) is 61.3 Å². The number of aliphatic hydroxyl groups excluding tert-OH is 1. The molecule has 0 bridgehead atoms. The number of hydrogen-bond donors (Lipinski definition) is 1. The molecule has 154 valence electrons. The highest BCUT2D eigenvalue weighted by molar-refractivity contribution is 5.33. The lowest BCUT2D eigenvalue weighted by molar-refractivity contribution is 0.174. The molecule has 0 saturated carbocycles. The molecule has 3 rings (SSSR count). The molecule has 0 aliphatic carbocycles. The van der Waals surface area contributed by atoms with Gasteiger partial charge in [-0.05, 0) is 52.1 Å². The first-order valence-electron chi connectivity index (χ1n) is 10.8. The Morgan fingerprint density at radius 3 is 2.36 bits per heavy atom. The smallest absolute Gasteiger partial charge is 0.300 e. The van der Waals surface area contributed by atoms with E-state index in [0.29, 0.717) is 6.04 Å². The molecule has 2 atom stereocenters. The molecular weight excluding hydrogens is 352 g/mol. The number of likely N-dealkylation sites (tertiary alicyclic amines) is 2. The first-order chi connectivity index (χ1) is 13.6. The van der Waals surface area contributed by atoms with Gasteiger partial charge in [0.25, 0.3) is 0 Å². The van der Waals surface area contributed by atoms with Gasteiger partial charge in [-0.3, -0.25) is 0 Å². The Hall–Kier alpha value is -1.80. The minimum Gasteiger partial charge on any atom is -0.392 e. The minimum absolute atomic E-state index is 0.177. The van der Waals surface area contributed by atoms with Gasteiger partial charge in [-0.15, -0.1) is 0 Å². The van der Waals surface area contributed by atoms with Crippen LogP contribution in [0.5, 0.6) is 0 Å². The van der Waals surface area contributed by atoms with Crippen LogP contribution in [0.25, 0.3) is 4.85 Å². The lowest BCUT2D eigenvalue weighted by Crippen LogP contribution is -2.32. The SMILES string of the molecule is [C-]#[N+]/C(C#N)=C1/N(CCCN2CCC(O)C2)CCN1CCCN1CCCC1C. The van der Waals surface area contributed by atoms with Crippen LogP contribution in [0.4, 0.5) is 0 Å². The van der Waals surface area contributed by atoms with Gasteiger partial charge in [0, 0.05) is 51.9 Å².